The topological polar surface area (TPSA) is 59.8 Å². The minimum absolute atomic E-state index is 0.153. The third-order valence-corrected chi connectivity index (χ3v) is 4.04. The molecule has 0 bridgehead atoms. The lowest BCUT2D eigenvalue weighted by atomic mass is 10.2. The first kappa shape index (κ1) is 16.2. The van der Waals surface area contributed by atoms with Gasteiger partial charge in [-0.25, -0.2) is 9.97 Å². The Morgan fingerprint density at radius 2 is 2.00 bits per heavy atom. The van der Waals surface area contributed by atoms with Crippen molar-refractivity contribution in [3.05, 3.63) is 59.8 Å². The molecule has 0 aliphatic rings. The third-order valence-electron chi connectivity index (χ3n) is 4.04. The Morgan fingerprint density at radius 1 is 1.21 bits per heavy atom. The Balaban J connectivity index is 1.65. The molecule has 2 aromatic heterocycles. The van der Waals surface area contributed by atoms with Gasteiger partial charge in [-0.1, -0.05) is 24.3 Å². The fourth-order valence-electron chi connectivity index (χ4n) is 2.96. The van der Waals surface area contributed by atoms with Crippen LogP contribution in [0.1, 0.15) is 41.9 Å². The van der Waals surface area contributed by atoms with E-state index in [9.17, 15) is 4.79 Å². The number of carbonyl (C=O) groups excluding carboxylic acids is 1. The first-order chi connectivity index (χ1) is 11.6. The fourth-order valence-corrected chi connectivity index (χ4v) is 2.96. The highest BCUT2D eigenvalue weighted by Gasteiger charge is 2.11. The zero-order chi connectivity index (χ0) is 17.1. The average Bonchev–Trinajstić information content (AvgIpc) is 2.95. The summed E-state index contributed by atoms with van der Waals surface area (Å²) in [7, 11) is 0. The molecule has 3 rings (SSSR count). The molecular weight excluding hydrogens is 300 g/mol. The predicted octanol–water partition coefficient (Wildman–Crippen LogP) is 3.29. The number of nitrogens with zero attached hydrogens (tertiary/aromatic N) is 3. The van der Waals surface area contributed by atoms with E-state index in [-0.39, 0.29) is 5.91 Å². The van der Waals surface area contributed by atoms with Crippen molar-refractivity contribution in [2.75, 3.05) is 6.54 Å². The Morgan fingerprint density at radius 3 is 2.79 bits per heavy atom. The van der Waals surface area contributed by atoms with Crippen LogP contribution in [0.25, 0.3) is 10.9 Å². The van der Waals surface area contributed by atoms with E-state index < -0.39 is 0 Å². The second-order valence-electron chi connectivity index (χ2n) is 6.17. The van der Waals surface area contributed by atoms with Gasteiger partial charge in [-0.2, -0.15) is 0 Å². The fraction of sp³-hybridized carbons (Fsp3) is 0.316. The molecule has 1 aromatic carbocycles. The average molecular weight is 322 g/mol. The number of fused-ring (bicyclic) bond motifs is 1. The lowest BCUT2D eigenvalue weighted by Gasteiger charge is -2.14. The van der Waals surface area contributed by atoms with Gasteiger partial charge in [0.1, 0.15) is 11.5 Å². The largest absolute Gasteiger partial charge is 0.350 e. The molecule has 0 aliphatic heterocycles. The van der Waals surface area contributed by atoms with E-state index in [1.807, 2.05) is 43.5 Å². The van der Waals surface area contributed by atoms with Crippen molar-refractivity contribution in [3.8, 4) is 0 Å². The van der Waals surface area contributed by atoms with Crippen LogP contribution in [0.5, 0.6) is 0 Å². The molecule has 1 amide bonds. The van der Waals surface area contributed by atoms with Crippen molar-refractivity contribution in [1.29, 1.82) is 0 Å². The summed E-state index contributed by atoms with van der Waals surface area (Å²) in [6.07, 6.45) is 2.58. The lowest BCUT2D eigenvalue weighted by molar-refractivity contribution is 0.0949. The summed E-state index contributed by atoms with van der Waals surface area (Å²) >= 11 is 0. The maximum absolute atomic E-state index is 12.3. The van der Waals surface area contributed by atoms with E-state index in [0.717, 1.165) is 22.4 Å². The van der Waals surface area contributed by atoms with Gasteiger partial charge in [0, 0.05) is 36.3 Å². The molecule has 1 N–H and O–H groups in total. The van der Waals surface area contributed by atoms with E-state index in [1.54, 1.807) is 6.07 Å². The highest BCUT2D eigenvalue weighted by molar-refractivity contribution is 5.94. The van der Waals surface area contributed by atoms with Gasteiger partial charge < -0.3 is 9.88 Å². The molecule has 0 fully saturated rings. The van der Waals surface area contributed by atoms with Gasteiger partial charge in [0.05, 0.1) is 5.52 Å². The van der Waals surface area contributed by atoms with Crippen LogP contribution in [-0.2, 0) is 6.42 Å². The van der Waals surface area contributed by atoms with Crippen molar-refractivity contribution in [1.82, 2.24) is 19.9 Å². The molecule has 0 radical (unpaired) electrons. The van der Waals surface area contributed by atoms with Crippen molar-refractivity contribution in [3.63, 3.8) is 0 Å². The first-order valence-corrected chi connectivity index (χ1v) is 8.23. The second kappa shape index (κ2) is 6.83. The quantitative estimate of drug-likeness (QED) is 0.784. The minimum Gasteiger partial charge on any atom is -0.350 e. The van der Waals surface area contributed by atoms with E-state index in [4.69, 9.17) is 0 Å². The number of benzene rings is 1. The standard InChI is InChI=1S/C19H22N4O/c1-13(2)23-14(3)12-21-18(23)10-11-20-19(24)17-9-8-15-6-4-5-7-16(15)22-17/h4-9,12-13H,10-11H2,1-3H3,(H,20,24). The van der Waals surface area contributed by atoms with Gasteiger partial charge in [-0.05, 0) is 32.9 Å². The van der Waals surface area contributed by atoms with Crippen molar-refractivity contribution in [2.24, 2.45) is 0 Å². The molecule has 24 heavy (non-hydrogen) atoms. The number of nitrogens with one attached hydrogen (secondary N) is 1. The summed E-state index contributed by atoms with van der Waals surface area (Å²) in [5.41, 5.74) is 2.41. The maximum Gasteiger partial charge on any atom is 0.269 e. The second-order valence-corrected chi connectivity index (χ2v) is 6.17. The number of pyridine rings is 1. The number of imidazole rings is 1. The van der Waals surface area contributed by atoms with Crippen molar-refractivity contribution < 1.29 is 4.79 Å². The summed E-state index contributed by atoms with van der Waals surface area (Å²) in [4.78, 5) is 21.2. The lowest BCUT2D eigenvalue weighted by Crippen LogP contribution is -2.27. The third kappa shape index (κ3) is 3.30. The van der Waals surface area contributed by atoms with Crippen LogP contribution in [0.2, 0.25) is 0 Å². The number of aromatic nitrogens is 3. The molecule has 0 atom stereocenters. The molecule has 0 saturated carbocycles. The molecule has 0 saturated heterocycles. The Kier molecular flexibility index (Phi) is 4.60. The number of hydrogen-bond acceptors (Lipinski definition) is 3. The van der Waals surface area contributed by atoms with Crippen LogP contribution >= 0.6 is 0 Å². The predicted molar refractivity (Wildman–Crippen MR) is 95.1 cm³/mol. The van der Waals surface area contributed by atoms with Gasteiger partial charge in [0.2, 0.25) is 0 Å². The summed E-state index contributed by atoms with van der Waals surface area (Å²) < 4.78 is 2.19. The molecule has 5 heteroatoms. The van der Waals surface area contributed by atoms with Gasteiger partial charge in [0.15, 0.2) is 0 Å². The number of amides is 1. The monoisotopic (exact) mass is 322 g/mol. The minimum atomic E-state index is -0.153. The number of hydrogen-bond donors (Lipinski definition) is 1. The number of rotatable bonds is 5. The van der Waals surface area contributed by atoms with Crippen LogP contribution in [0.4, 0.5) is 0 Å². The number of carbonyl (C=O) groups is 1. The molecule has 0 spiro atoms. The molecule has 0 unspecified atom stereocenters. The number of aryl methyl sites for hydroxylation is 1. The van der Waals surface area contributed by atoms with E-state index in [1.165, 1.54) is 0 Å². The van der Waals surface area contributed by atoms with Crippen LogP contribution in [0.3, 0.4) is 0 Å². The first-order valence-electron chi connectivity index (χ1n) is 8.23. The summed E-state index contributed by atoms with van der Waals surface area (Å²) in [6.45, 7) is 6.86. The summed E-state index contributed by atoms with van der Waals surface area (Å²) in [5.74, 6) is 0.842. The van der Waals surface area contributed by atoms with E-state index >= 15 is 0 Å². The Bertz CT molecular complexity index is 867. The zero-order valence-electron chi connectivity index (χ0n) is 14.3. The van der Waals surface area contributed by atoms with Crippen LogP contribution in [0.15, 0.2) is 42.6 Å². The smallest absolute Gasteiger partial charge is 0.269 e. The van der Waals surface area contributed by atoms with Gasteiger partial charge >= 0.3 is 0 Å². The van der Waals surface area contributed by atoms with Gasteiger partial charge in [0.25, 0.3) is 5.91 Å². The van der Waals surface area contributed by atoms with Crippen LogP contribution in [0, 0.1) is 6.92 Å². The normalized spacial score (nSPS) is 11.2. The highest BCUT2D eigenvalue weighted by Crippen LogP contribution is 2.14. The van der Waals surface area contributed by atoms with E-state index in [2.05, 4.69) is 33.7 Å². The van der Waals surface area contributed by atoms with Crippen LogP contribution in [-0.4, -0.2) is 27.0 Å². The molecule has 5 nitrogen and oxygen atoms in total. The van der Waals surface area contributed by atoms with E-state index in [0.29, 0.717) is 24.7 Å². The molecule has 2 heterocycles. The maximum atomic E-state index is 12.3. The zero-order valence-corrected chi connectivity index (χ0v) is 14.3. The summed E-state index contributed by atoms with van der Waals surface area (Å²) in [6, 6.07) is 11.8. The molecule has 0 aliphatic carbocycles. The van der Waals surface area contributed by atoms with Gasteiger partial charge in [-0.15, -0.1) is 0 Å². The van der Waals surface area contributed by atoms with Crippen molar-refractivity contribution in [2.45, 2.75) is 33.2 Å². The van der Waals surface area contributed by atoms with Crippen LogP contribution < -0.4 is 5.32 Å². The molecular formula is C19H22N4O. The van der Waals surface area contributed by atoms with Crippen molar-refractivity contribution >= 4 is 16.8 Å². The summed E-state index contributed by atoms with van der Waals surface area (Å²) in [5, 5.41) is 3.96. The molecule has 3 aromatic rings. The molecule has 124 valence electrons. The number of para-hydroxylation sites is 1. The Hall–Kier alpha value is -2.69. The Labute approximate surface area is 141 Å². The van der Waals surface area contributed by atoms with Gasteiger partial charge in [-0.3, -0.25) is 4.79 Å². The highest BCUT2D eigenvalue weighted by atomic mass is 16.1. The SMILES string of the molecule is Cc1cnc(CCNC(=O)c2ccc3ccccc3n2)n1C(C)C.